The maximum absolute atomic E-state index is 11.8. The van der Waals surface area contributed by atoms with Gasteiger partial charge < -0.3 is 15.6 Å². The third-order valence-corrected chi connectivity index (χ3v) is 7.19. The van der Waals surface area contributed by atoms with Crippen LogP contribution in [0.25, 0.3) is 22.4 Å². The van der Waals surface area contributed by atoms with E-state index in [1.54, 1.807) is 6.07 Å². The van der Waals surface area contributed by atoms with E-state index in [0.717, 1.165) is 43.1 Å². The van der Waals surface area contributed by atoms with Crippen LogP contribution < -0.4 is 10.6 Å². The van der Waals surface area contributed by atoms with Crippen LogP contribution >= 0.6 is 0 Å². The molecule has 4 aromatic carbocycles. The van der Waals surface area contributed by atoms with Gasteiger partial charge >= 0.3 is 0 Å². The lowest BCUT2D eigenvalue weighted by Crippen LogP contribution is -2.48. The number of benzene rings is 4. The van der Waals surface area contributed by atoms with E-state index in [-0.39, 0.29) is 6.04 Å². The Labute approximate surface area is 216 Å². The highest BCUT2D eigenvalue weighted by Gasteiger charge is 2.26. The van der Waals surface area contributed by atoms with Crippen LogP contribution in [0.1, 0.15) is 27.5 Å². The van der Waals surface area contributed by atoms with Crippen LogP contribution in [0, 0.1) is 0 Å². The van der Waals surface area contributed by atoms with Crippen LogP contribution in [0.2, 0.25) is 0 Å². The number of nitrogens with one attached hydrogen (secondary N) is 1. The number of nitrogens with zero attached hydrogens (tertiary/aromatic N) is 3. The van der Waals surface area contributed by atoms with Gasteiger partial charge in [0.05, 0.1) is 17.1 Å². The standard InChI is InChI=1S/C31H29N5O/c32-30(37)26-12-7-13-27-28(26)34-31(33-27)24-14-16-25(17-15-24)35-18-20-36(21-19-35)29(22-8-3-1-4-9-22)23-10-5-2-6-11-23/h1-17,29H,18-21H2,(H2,32,37)(H,33,34). The Morgan fingerprint density at radius 2 is 1.38 bits per heavy atom. The minimum Gasteiger partial charge on any atom is -0.369 e. The van der Waals surface area contributed by atoms with Gasteiger partial charge in [-0.2, -0.15) is 0 Å². The number of carbonyl (C=O) groups excluding carboxylic acids is 1. The first-order valence-corrected chi connectivity index (χ1v) is 12.7. The van der Waals surface area contributed by atoms with E-state index in [0.29, 0.717) is 11.1 Å². The highest BCUT2D eigenvalue weighted by Crippen LogP contribution is 2.31. The fourth-order valence-electron chi connectivity index (χ4n) is 5.32. The van der Waals surface area contributed by atoms with Crippen molar-refractivity contribution in [1.29, 1.82) is 0 Å². The lowest BCUT2D eigenvalue weighted by atomic mass is 9.96. The van der Waals surface area contributed by atoms with Crippen molar-refractivity contribution in [3.8, 4) is 11.4 Å². The van der Waals surface area contributed by atoms with E-state index in [1.807, 2.05) is 12.1 Å². The minimum absolute atomic E-state index is 0.255. The van der Waals surface area contributed by atoms with Crippen molar-refractivity contribution < 1.29 is 4.79 Å². The molecule has 1 fully saturated rings. The number of rotatable bonds is 6. The average Bonchev–Trinajstić information content (AvgIpc) is 3.39. The number of carbonyl (C=O) groups is 1. The van der Waals surface area contributed by atoms with Crippen molar-refractivity contribution in [2.45, 2.75) is 6.04 Å². The van der Waals surface area contributed by atoms with Gasteiger partial charge in [0.2, 0.25) is 0 Å². The molecule has 5 aromatic rings. The van der Waals surface area contributed by atoms with Gasteiger partial charge in [-0.25, -0.2) is 4.98 Å². The minimum atomic E-state index is -0.472. The highest BCUT2D eigenvalue weighted by atomic mass is 16.1. The molecular formula is C31H29N5O. The van der Waals surface area contributed by atoms with E-state index in [4.69, 9.17) is 5.73 Å². The van der Waals surface area contributed by atoms with Crippen molar-refractivity contribution in [2.75, 3.05) is 31.1 Å². The Morgan fingerprint density at radius 1 is 0.757 bits per heavy atom. The van der Waals surface area contributed by atoms with Crippen molar-refractivity contribution in [3.63, 3.8) is 0 Å². The van der Waals surface area contributed by atoms with Crippen molar-refractivity contribution in [2.24, 2.45) is 5.73 Å². The molecule has 1 saturated heterocycles. The molecule has 0 bridgehead atoms. The number of hydrogen-bond acceptors (Lipinski definition) is 4. The van der Waals surface area contributed by atoms with Crippen LogP contribution in [0.3, 0.4) is 0 Å². The van der Waals surface area contributed by atoms with Crippen LogP contribution in [0.15, 0.2) is 103 Å². The van der Waals surface area contributed by atoms with Gasteiger partial charge in [0.15, 0.2) is 0 Å². The summed E-state index contributed by atoms with van der Waals surface area (Å²) < 4.78 is 0. The molecule has 0 unspecified atom stereocenters. The molecule has 6 nitrogen and oxygen atoms in total. The number of primary amides is 1. The molecule has 0 radical (unpaired) electrons. The zero-order valence-corrected chi connectivity index (χ0v) is 20.5. The van der Waals surface area contributed by atoms with Crippen LogP contribution in [-0.2, 0) is 0 Å². The first-order valence-electron chi connectivity index (χ1n) is 12.7. The summed E-state index contributed by atoms with van der Waals surface area (Å²) in [4.78, 5) is 24.8. The molecule has 0 saturated carbocycles. The van der Waals surface area contributed by atoms with Crippen molar-refractivity contribution >= 4 is 22.6 Å². The normalized spacial score (nSPS) is 14.4. The maximum Gasteiger partial charge on any atom is 0.250 e. The summed E-state index contributed by atoms with van der Waals surface area (Å²) in [5.74, 6) is 0.258. The molecule has 3 N–H and O–H groups in total. The third kappa shape index (κ3) is 4.59. The molecule has 0 aliphatic carbocycles. The summed E-state index contributed by atoms with van der Waals surface area (Å²) >= 11 is 0. The number of aromatic nitrogens is 2. The van der Waals surface area contributed by atoms with E-state index in [9.17, 15) is 4.79 Å². The molecule has 0 spiro atoms. The summed E-state index contributed by atoms with van der Waals surface area (Å²) in [7, 11) is 0. The van der Waals surface area contributed by atoms with Gasteiger partial charge in [-0.1, -0.05) is 66.7 Å². The fourth-order valence-corrected chi connectivity index (χ4v) is 5.32. The number of hydrogen-bond donors (Lipinski definition) is 2. The first kappa shape index (κ1) is 23.0. The number of piperazine rings is 1. The molecule has 1 amide bonds. The van der Waals surface area contributed by atoms with E-state index >= 15 is 0 Å². The zero-order valence-electron chi connectivity index (χ0n) is 20.5. The number of aromatic amines is 1. The van der Waals surface area contributed by atoms with Crippen LogP contribution in [0.4, 0.5) is 5.69 Å². The number of amides is 1. The molecule has 184 valence electrons. The van der Waals surface area contributed by atoms with E-state index in [1.165, 1.54) is 16.8 Å². The van der Waals surface area contributed by atoms with Crippen molar-refractivity contribution in [1.82, 2.24) is 14.9 Å². The largest absolute Gasteiger partial charge is 0.369 e. The molecule has 0 atom stereocenters. The van der Waals surface area contributed by atoms with Crippen LogP contribution in [-0.4, -0.2) is 47.0 Å². The molecule has 2 heterocycles. The fraction of sp³-hybridized carbons (Fsp3) is 0.161. The first-order chi connectivity index (χ1) is 18.2. The van der Waals surface area contributed by atoms with Gasteiger partial charge in [0.1, 0.15) is 11.3 Å². The van der Waals surface area contributed by atoms with E-state index in [2.05, 4.69) is 105 Å². The SMILES string of the molecule is NC(=O)c1cccc2[nH]c(-c3ccc(N4CCN(C(c5ccccc5)c5ccccc5)CC4)cc3)nc12. The molecule has 1 aliphatic rings. The number of H-pyrrole nitrogens is 1. The summed E-state index contributed by atoms with van der Waals surface area (Å²) in [5, 5.41) is 0. The smallest absolute Gasteiger partial charge is 0.250 e. The number of nitrogens with two attached hydrogens (primary N) is 1. The summed E-state index contributed by atoms with van der Waals surface area (Å²) in [6.07, 6.45) is 0. The van der Waals surface area contributed by atoms with Gasteiger partial charge in [0, 0.05) is 37.4 Å². The second kappa shape index (κ2) is 9.91. The number of anilines is 1. The summed E-state index contributed by atoms with van der Waals surface area (Å²) in [6.45, 7) is 3.88. The number of para-hydroxylation sites is 1. The Morgan fingerprint density at radius 3 is 1.97 bits per heavy atom. The Kier molecular flexibility index (Phi) is 6.16. The summed E-state index contributed by atoms with van der Waals surface area (Å²) in [5.41, 5.74) is 12.2. The molecule has 6 heteroatoms. The molecule has 1 aromatic heterocycles. The van der Waals surface area contributed by atoms with Crippen molar-refractivity contribution in [3.05, 3.63) is 120 Å². The topological polar surface area (TPSA) is 78.2 Å². The second-order valence-electron chi connectivity index (χ2n) is 9.45. The monoisotopic (exact) mass is 487 g/mol. The molecule has 6 rings (SSSR count). The molecule has 37 heavy (non-hydrogen) atoms. The average molecular weight is 488 g/mol. The summed E-state index contributed by atoms with van der Waals surface area (Å²) in [6, 6.07) is 35.7. The lowest BCUT2D eigenvalue weighted by Gasteiger charge is -2.40. The third-order valence-electron chi connectivity index (χ3n) is 7.19. The number of imidazole rings is 1. The molecule has 1 aliphatic heterocycles. The van der Waals surface area contributed by atoms with Gasteiger partial charge in [-0.3, -0.25) is 9.69 Å². The van der Waals surface area contributed by atoms with Gasteiger partial charge in [-0.15, -0.1) is 0 Å². The Hall–Kier alpha value is -4.42. The Bertz CT molecular complexity index is 1460. The predicted octanol–water partition coefficient (Wildman–Crippen LogP) is 5.24. The van der Waals surface area contributed by atoms with Crippen LogP contribution in [0.5, 0.6) is 0 Å². The van der Waals surface area contributed by atoms with Gasteiger partial charge in [-0.05, 0) is 47.5 Å². The quantitative estimate of drug-likeness (QED) is 0.343. The molecular weight excluding hydrogens is 458 g/mol. The van der Waals surface area contributed by atoms with E-state index < -0.39 is 5.91 Å². The predicted molar refractivity (Wildman–Crippen MR) is 149 cm³/mol. The lowest BCUT2D eigenvalue weighted by molar-refractivity contribution is 0.100. The zero-order chi connectivity index (χ0) is 25.2. The number of fused-ring (bicyclic) bond motifs is 1. The second-order valence-corrected chi connectivity index (χ2v) is 9.45. The Balaban J connectivity index is 1.18. The maximum atomic E-state index is 11.8. The highest BCUT2D eigenvalue weighted by molar-refractivity contribution is 6.04. The van der Waals surface area contributed by atoms with Gasteiger partial charge in [0.25, 0.3) is 5.91 Å².